The van der Waals surface area contributed by atoms with Crippen molar-refractivity contribution < 1.29 is 13.2 Å². The van der Waals surface area contributed by atoms with E-state index in [1.54, 1.807) is 22.9 Å². The molecule has 2 aromatic heterocycles. The van der Waals surface area contributed by atoms with Crippen LogP contribution < -0.4 is 4.74 Å². The van der Waals surface area contributed by atoms with Crippen molar-refractivity contribution in [2.45, 2.75) is 25.7 Å². The average molecular weight is 401 g/mol. The van der Waals surface area contributed by atoms with Gasteiger partial charge >= 0.3 is 0 Å². The molecule has 0 N–H and O–H groups in total. The van der Waals surface area contributed by atoms with Gasteiger partial charge in [-0.15, -0.1) is 0 Å². The molecule has 4 rings (SSSR count). The smallest absolute Gasteiger partial charge is 0.213 e. The van der Waals surface area contributed by atoms with Crippen LogP contribution in [-0.4, -0.2) is 53.3 Å². The van der Waals surface area contributed by atoms with Gasteiger partial charge in [0.15, 0.2) is 11.5 Å². The molecule has 0 amide bonds. The molecule has 7 nitrogen and oxygen atoms in total. The zero-order chi connectivity index (χ0) is 19.7. The normalized spacial score (nSPS) is 18.4. The van der Waals surface area contributed by atoms with Gasteiger partial charge in [-0.2, -0.15) is 5.10 Å². The summed E-state index contributed by atoms with van der Waals surface area (Å²) in [6, 6.07) is 11.8. The molecule has 0 unspecified atom stereocenters. The van der Waals surface area contributed by atoms with E-state index >= 15 is 0 Å². The molecule has 3 heterocycles. The summed E-state index contributed by atoms with van der Waals surface area (Å²) in [6.07, 6.45) is 3.67. The van der Waals surface area contributed by atoms with Crippen LogP contribution in [0.1, 0.15) is 31.5 Å². The highest BCUT2D eigenvalue weighted by Crippen LogP contribution is 2.28. The SMILES string of the molecule is CCS(=O)(=O)N1CCC[C@@H](c2nc3ccc(-c4cccc(OC)c4)cn3n2)C1. The van der Waals surface area contributed by atoms with Crippen molar-refractivity contribution in [3.05, 3.63) is 48.4 Å². The first-order valence-electron chi connectivity index (χ1n) is 9.49. The molecule has 0 bridgehead atoms. The molecule has 0 spiro atoms. The van der Waals surface area contributed by atoms with E-state index in [1.807, 2.05) is 42.6 Å². The van der Waals surface area contributed by atoms with Crippen LogP contribution in [0.3, 0.4) is 0 Å². The van der Waals surface area contributed by atoms with Gasteiger partial charge < -0.3 is 4.74 Å². The van der Waals surface area contributed by atoms with Gasteiger partial charge in [0.2, 0.25) is 10.0 Å². The summed E-state index contributed by atoms with van der Waals surface area (Å²) in [7, 11) is -1.53. The molecule has 1 aliphatic heterocycles. The van der Waals surface area contributed by atoms with E-state index in [0.717, 1.165) is 35.4 Å². The van der Waals surface area contributed by atoms with Gasteiger partial charge in [-0.25, -0.2) is 22.2 Å². The van der Waals surface area contributed by atoms with E-state index < -0.39 is 10.0 Å². The van der Waals surface area contributed by atoms with Gasteiger partial charge in [-0.05, 0) is 49.6 Å². The van der Waals surface area contributed by atoms with Crippen LogP contribution in [0.2, 0.25) is 0 Å². The lowest BCUT2D eigenvalue weighted by Crippen LogP contribution is -2.40. The Balaban J connectivity index is 1.63. The number of nitrogens with zero attached hydrogens (tertiary/aromatic N) is 4. The van der Waals surface area contributed by atoms with Crippen molar-refractivity contribution in [1.82, 2.24) is 18.9 Å². The third-order valence-corrected chi connectivity index (χ3v) is 7.11. The van der Waals surface area contributed by atoms with Crippen molar-refractivity contribution in [3.63, 3.8) is 0 Å². The predicted molar refractivity (Wildman–Crippen MR) is 108 cm³/mol. The van der Waals surface area contributed by atoms with Crippen LogP contribution in [0.4, 0.5) is 0 Å². The molecule has 1 aliphatic rings. The minimum atomic E-state index is -3.18. The van der Waals surface area contributed by atoms with Crippen molar-refractivity contribution in [2.24, 2.45) is 0 Å². The van der Waals surface area contributed by atoms with Crippen LogP contribution in [0.25, 0.3) is 16.8 Å². The number of benzene rings is 1. The number of ether oxygens (including phenoxy) is 1. The highest BCUT2D eigenvalue weighted by atomic mass is 32.2. The van der Waals surface area contributed by atoms with E-state index in [9.17, 15) is 8.42 Å². The first-order chi connectivity index (χ1) is 13.5. The number of methoxy groups -OCH3 is 1. The minimum absolute atomic E-state index is 0.0234. The third kappa shape index (κ3) is 3.62. The lowest BCUT2D eigenvalue weighted by atomic mass is 9.99. The number of rotatable bonds is 5. The number of hydrogen-bond acceptors (Lipinski definition) is 5. The summed E-state index contributed by atoms with van der Waals surface area (Å²) in [5.74, 6) is 1.66. The Labute approximate surface area is 165 Å². The quantitative estimate of drug-likeness (QED) is 0.658. The fraction of sp³-hybridized carbons (Fsp3) is 0.400. The Morgan fingerprint density at radius 1 is 1.21 bits per heavy atom. The van der Waals surface area contributed by atoms with Crippen LogP contribution in [0, 0.1) is 0 Å². The van der Waals surface area contributed by atoms with E-state index in [1.165, 1.54) is 0 Å². The number of aromatic nitrogens is 3. The fourth-order valence-electron chi connectivity index (χ4n) is 3.64. The minimum Gasteiger partial charge on any atom is -0.497 e. The first kappa shape index (κ1) is 18.9. The summed E-state index contributed by atoms with van der Waals surface area (Å²) in [6.45, 7) is 2.72. The van der Waals surface area contributed by atoms with Gasteiger partial charge in [-0.3, -0.25) is 0 Å². The maximum atomic E-state index is 12.2. The Hall–Kier alpha value is -2.45. The fourth-order valence-corrected chi connectivity index (χ4v) is 4.81. The lowest BCUT2D eigenvalue weighted by molar-refractivity contribution is 0.309. The van der Waals surface area contributed by atoms with E-state index in [2.05, 4.69) is 10.1 Å². The third-order valence-electron chi connectivity index (χ3n) is 5.26. The Morgan fingerprint density at radius 2 is 2.07 bits per heavy atom. The maximum absolute atomic E-state index is 12.2. The topological polar surface area (TPSA) is 76.8 Å². The molecule has 1 aromatic carbocycles. The zero-order valence-corrected chi connectivity index (χ0v) is 16.9. The van der Waals surface area contributed by atoms with E-state index in [0.29, 0.717) is 18.9 Å². The lowest BCUT2D eigenvalue weighted by Gasteiger charge is -2.30. The predicted octanol–water partition coefficient (Wildman–Crippen LogP) is 2.93. The molecule has 1 saturated heterocycles. The molecule has 0 aliphatic carbocycles. The van der Waals surface area contributed by atoms with Gasteiger partial charge in [0.25, 0.3) is 0 Å². The van der Waals surface area contributed by atoms with Gasteiger partial charge in [0.05, 0.1) is 12.9 Å². The molecule has 0 radical (unpaired) electrons. The molecule has 28 heavy (non-hydrogen) atoms. The van der Waals surface area contributed by atoms with Gasteiger partial charge in [-0.1, -0.05) is 12.1 Å². The number of pyridine rings is 1. The summed E-state index contributed by atoms with van der Waals surface area (Å²) >= 11 is 0. The average Bonchev–Trinajstić information content (AvgIpc) is 3.17. The molecular formula is C20H24N4O3S. The number of fused-ring (bicyclic) bond motifs is 1. The molecular weight excluding hydrogens is 376 g/mol. The van der Waals surface area contributed by atoms with Crippen LogP contribution in [0.15, 0.2) is 42.6 Å². The largest absolute Gasteiger partial charge is 0.497 e. The van der Waals surface area contributed by atoms with Crippen molar-refractivity contribution in [2.75, 3.05) is 26.0 Å². The second kappa shape index (κ2) is 7.52. The monoisotopic (exact) mass is 400 g/mol. The van der Waals surface area contributed by atoms with E-state index in [4.69, 9.17) is 4.74 Å². The Kier molecular flexibility index (Phi) is 5.07. The Bertz CT molecular complexity index is 1090. The molecule has 1 atom stereocenters. The Morgan fingerprint density at radius 3 is 2.86 bits per heavy atom. The second-order valence-electron chi connectivity index (χ2n) is 7.02. The summed E-state index contributed by atoms with van der Waals surface area (Å²) in [4.78, 5) is 4.65. The highest BCUT2D eigenvalue weighted by molar-refractivity contribution is 7.89. The van der Waals surface area contributed by atoms with Crippen molar-refractivity contribution in [1.29, 1.82) is 0 Å². The molecule has 3 aromatic rings. The highest BCUT2D eigenvalue weighted by Gasteiger charge is 2.30. The van der Waals surface area contributed by atoms with Gasteiger partial charge in [0.1, 0.15) is 5.75 Å². The summed E-state index contributed by atoms with van der Waals surface area (Å²) in [5.41, 5.74) is 2.81. The maximum Gasteiger partial charge on any atom is 0.213 e. The first-order valence-corrected chi connectivity index (χ1v) is 11.1. The van der Waals surface area contributed by atoms with Crippen molar-refractivity contribution in [3.8, 4) is 16.9 Å². The van der Waals surface area contributed by atoms with Crippen LogP contribution in [0.5, 0.6) is 5.75 Å². The summed E-state index contributed by atoms with van der Waals surface area (Å²) < 4.78 is 33.1. The second-order valence-corrected chi connectivity index (χ2v) is 9.28. The number of hydrogen-bond donors (Lipinski definition) is 0. The zero-order valence-electron chi connectivity index (χ0n) is 16.1. The van der Waals surface area contributed by atoms with E-state index in [-0.39, 0.29) is 11.7 Å². The molecule has 0 saturated carbocycles. The van der Waals surface area contributed by atoms with Crippen molar-refractivity contribution >= 4 is 15.7 Å². The summed E-state index contributed by atoms with van der Waals surface area (Å²) in [5, 5.41) is 4.66. The number of piperidine rings is 1. The molecule has 148 valence electrons. The van der Waals surface area contributed by atoms with Crippen LogP contribution >= 0.6 is 0 Å². The molecule has 1 fully saturated rings. The van der Waals surface area contributed by atoms with Crippen LogP contribution in [-0.2, 0) is 10.0 Å². The molecule has 8 heteroatoms. The van der Waals surface area contributed by atoms with Gasteiger partial charge in [0, 0.05) is 30.8 Å². The standard InChI is InChI=1S/C20H24N4O3S/c1-3-28(25,26)23-11-5-7-17(13-23)20-21-19-10-9-16(14-24(19)22-20)15-6-4-8-18(12-15)27-2/h4,6,8-10,12,14,17H,3,5,7,11,13H2,1-2H3/t17-/m1/s1. The number of sulfonamides is 1.